The van der Waals surface area contributed by atoms with Crippen molar-refractivity contribution in [2.45, 2.75) is 26.3 Å². The summed E-state index contributed by atoms with van der Waals surface area (Å²) in [5.74, 6) is 0.287. The first-order valence-electron chi connectivity index (χ1n) is 6.03. The molecule has 0 bridgehead atoms. The maximum atomic E-state index is 11.5. The van der Waals surface area contributed by atoms with E-state index in [2.05, 4.69) is 23.7 Å². The van der Waals surface area contributed by atoms with Crippen LogP contribution in [-0.2, 0) is 0 Å². The number of carboxylic acids is 1. The van der Waals surface area contributed by atoms with Crippen LogP contribution in [0.3, 0.4) is 0 Å². The van der Waals surface area contributed by atoms with Crippen molar-refractivity contribution in [2.75, 3.05) is 11.4 Å². The van der Waals surface area contributed by atoms with Crippen LogP contribution in [0.5, 0.6) is 0 Å². The van der Waals surface area contributed by atoms with Gasteiger partial charge in [-0.15, -0.1) is 11.3 Å². The van der Waals surface area contributed by atoms with Gasteiger partial charge in [0.15, 0.2) is 16.5 Å². The lowest BCUT2D eigenvalue weighted by molar-refractivity contribution is 0.0690. The highest BCUT2D eigenvalue weighted by molar-refractivity contribution is 7.15. The second-order valence-electron chi connectivity index (χ2n) is 4.99. The van der Waals surface area contributed by atoms with Crippen molar-refractivity contribution < 1.29 is 9.90 Å². The third-order valence-electron chi connectivity index (χ3n) is 3.50. The summed E-state index contributed by atoms with van der Waals surface area (Å²) in [6, 6.07) is 0.350. The molecule has 2 aromatic heterocycles. The number of thiazole rings is 1. The number of aromatic nitrogens is 2. The van der Waals surface area contributed by atoms with Crippen LogP contribution in [0.2, 0.25) is 0 Å². The Morgan fingerprint density at radius 2 is 2.33 bits per heavy atom. The van der Waals surface area contributed by atoms with Crippen LogP contribution in [0.4, 0.5) is 5.82 Å². The van der Waals surface area contributed by atoms with Crippen LogP contribution in [0.1, 0.15) is 30.8 Å². The second kappa shape index (κ2) is 3.98. The van der Waals surface area contributed by atoms with Gasteiger partial charge in [-0.3, -0.25) is 4.40 Å². The predicted octanol–water partition coefficient (Wildman–Crippen LogP) is 2.33. The lowest BCUT2D eigenvalue weighted by Gasteiger charge is -2.21. The van der Waals surface area contributed by atoms with Gasteiger partial charge >= 0.3 is 5.97 Å². The Balaban J connectivity index is 2.13. The van der Waals surface area contributed by atoms with Crippen molar-refractivity contribution in [3.63, 3.8) is 0 Å². The standard InChI is InChI=1S/C12H15N3O2S/c1-7-5-8(2)15(6-7)10-9(11(16)17)14-3-4-18-12(14)13-10/h3-4,7-8H,5-6H2,1-2H3,(H,16,17). The molecule has 6 heteroatoms. The number of imidazole rings is 1. The summed E-state index contributed by atoms with van der Waals surface area (Å²) < 4.78 is 1.66. The first-order valence-corrected chi connectivity index (χ1v) is 6.91. The summed E-state index contributed by atoms with van der Waals surface area (Å²) in [5.41, 5.74) is 0.284. The Bertz CT molecular complexity index is 604. The van der Waals surface area contributed by atoms with Gasteiger partial charge in [-0.2, -0.15) is 0 Å². The van der Waals surface area contributed by atoms with Gasteiger partial charge in [-0.05, 0) is 19.3 Å². The zero-order valence-corrected chi connectivity index (χ0v) is 11.1. The molecule has 2 atom stereocenters. The smallest absolute Gasteiger partial charge is 0.356 e. The van der Waals surface area contributed by atoms with Crippen LogP contribution < -0.4 is 4.90 Å². The molecule has 1 N–H and O–H groups in total. The van der Waals surface area contributed by atoms with Gasteiger partial charge in [-0.25, -0.2) is 9.78 Å². The van der Waals surface area contributed by atoms with Crippen molar-refractivity contribution in [2.24, 2.45) is 5.92 Å². The van der Waals surface area contributed by atoms with E-state index >= 15 is 0 Å². The highest BCUT2D eigenvalue weighted by atomic mass is 32.1. The van der Waals surface area contributed by atoms with Crippen LogP contribution in [0.25, 0.3) is 4.96 Å². The number of fused-ring (bicyclic) bond motifs is 1. The number of hydrogen-bond donors (Lipinski definition) is 1. The maximum absolute atomic E-state index is 11.5. The predicted molar refractivity (Wildman–Crippen MR) is 70.6 cm³/mol. The Morgan fingerprint density at radius 3 is 2.94 bits per heavy atom. The van der Waals surface area contributed by atoms with Crippen LogP contribution >= 0.6 is 11.3 Å². The van der Waals surface area contributed by atoms with Crippen molar-refractivity contribution in [3.05, 3.63) is 17.3 Å². The summed E-state index contributed by atoms with van der Waals surface area (Å²) in [7, 11) is 0. The van der Waals surface area contributed by atoms with Crippen LogP contribution in [0, 0.1) is 5.92 Å². The molecule has 0 radical (unpaired) electrons. The largest absolute Gasteiger partial charge is 0.476 e. The van der Waals surface area contributed by atoms with E-state index in [-0.39, 0.29) is 5.69 Å². The number of hydrogen-bond acceptors (Lipinski definition) is 4. The average molecular weight is 265 g/mol. The number of anilines is 1. The number of carboxylic acid groups (broad SMARTS) is 1. The zero-order valence-electron chi connectivity index (χ0n) is 10.3. The number of nitrogens with zero attached hydrogens (tertiary/aromatic N) is 3. The van der Waals surface area contributed by atoms with Gasteiger partial charge in [0.2, 0.25) is 0 Å². The van der Waals surface area contributed by atoms with Gasteiger partial charge < -0.3 is 10.0 Å². The highest BCUT2D eigenvalue weighted by Crippen LogP contribution is 2.32. The lowest BCUT2D eigenvalue weighted by atomic mass is 10.1. The third-order valence-corrected chi connectivity index (χ3v) is 4.26. The average Bonchev–Trinajstić information content (AvgIpc) is 2.90. The minimum absolute atomic E-state index is 0.284. The van der Waals surface area contributed by atoms with Gasteiger partial charge in [-0.1, -0.05) is 6.92 Å². The van der Waals surface area contributed by atoms with Gasteiger partial charge in [0.1, 0.15) is 0 Å². The monoisotopic (exact) mass is 265 g/mol. The molecule has 0 aromatic carbocycles. The summed E-state index contributed by atoms with van der Waals surface area (Å²) in [4.78, 5) is 18.8. The SMILES string of the molecule is CC1CC(C)N(c2nc3sccn3c2C(=O)O)C1. The Morgan fingerprint density at radius 1 is 1.56 bits per heavy atom. The van der Waals surface area contributed by atoms with E-state index in [0.717, 1.165) is 17.9 Å². The van der Waals surface area contributed by atoms with E-state index in [1.54, 1.807) is 10.6 Å². The summed E-state index contributed by atoms with van der Waals surface area (Å²) in [6.07, 6.45) is 2.86. The number of carbonyl (C=O) groups is 1. The highest BCUT2D eigenvalue weighted by Gasteiger charge is 2.32. The molecule has 1 aliphatic rings. The fourth-order valence-corrected chi connectivity index (χ4v) is 3.48. The van der Waals surface area contributed by atoms with E-state index in [9.17, 15) is 9.90 Å². The summed E-state index contributed by atoms with van der Waals surface area (Å²) in [6.45, 7) is 5.20. The molecule has 0 spiro atoms. The van der Waals surface area contributed by atoms with Crippen molar-refractivity contribution in [3.8, 4) is 0 Å². The molecule has 1 fully saturated rings. The molecule has 3 rings (SSSR count). The second-order valence-corrected chi connectivity index (χ2v) is 5.86. The van der Waals surface area contributed by atoms with Gasteiger partial charge in [0.25, 0.3) is 0 Å². The van der Waals surface area contributed by atoms with Gasteiger partial charge in [0.05, 0.1) is 0 Å². The molecule has 1 aliphatic heterocycles. The zero-order chi connectivity index (χ0) is 12.9. The molecule has 1 saturated heterocycles. The molecular formula is C12H15N3O2S. The quantitative estimate of drug-likeness (QED) is 0.905. The minimum atomic E-state index is -0.914. The summed E-state index contributed by atoms with van der Waals surface area (Å²) >= 11 is 1.46. The van der Waals surface area contributed by atoms with Crippen LogP contribution in [0.15, 0.2) is 11.6 Å². The molecule has 96 valence electrons. The molecule has 0 amide bonds. The molecule has 2 aromatic rings. The third kappa shape index (κ3) is 1.59. The Labute approximate surface area is 109 Å². The van der Waals surface area contributed by atoms with E-state index in [1.165, 1.54) is 11.3 Å². The van der Waals surface area contributed by atoms with Gasteiger partial charge in [0, 0.05) is 24.2 Å². The Hall–Kier alpha value is -1.56. The number of rotatable bonds is 2. The first-order chi connectivity index (χ1) is 8.58. The van der Waals surface area contributed by atoms with E-state index < -0.39 is 5.97 Å². The normalized spacial score (nSPS) is 24.0. The molecule has 3 heterocycles. The fourth-order valence-electron chi connectivity index (χ4n) is 2.77. The fraction of sp³-hybridized carbons (Fsp3) is 0.500. The molecular weight excluding hydrogens is 250 g/mol. The molecule has 0 saturated carbocycles. The first kappa shape index (κ1) is 11.5. The summed E-state index contributed by atoms with van der Waals surface area (Å²) in [5, 5.41) is 11.3. The lowest BCUT2D eigenvalue weighted by Crippen LogP contribution is -2.28. The van der Waals surface area contributed by atoms with Crippen LogP contribution in [-0.4, -0.2) is 33.0 Å². The van der Waals surface area contributed by atoms with Crippen molar-refractivity contribution in [1.29, 1.82) is 0 Å². The van der Waals surface area contributed by atoms with E-state index in [1.807, 2.05) is 5.38 Å². The Kier molecular flexibility index (Phi) is 2.55. The molecule has 0 aliphatic carbocycles. The molecule has 2 unspecified atom stereocenters. The topological polar surface area (TPSA) is 57.8 Å². The molecule has 18 heavy (non-hydrogen) atoms. The number of aromatic carboxylic acids is 1. The van der Waals surface area contributed by atoms with E-state index in [0.29, 0.717) is 17.8 Å². The minimum Gasteiger partial charge on any atom is -0.476 e. The van der Waals surface area contributed by atoms with E-state index in [4.69, 9.17) is 0 Å². The van der Waals surface area contributed by atoms with Crippen molar-refractivity contribution in [1.82, 2.24) is 9.38 Å². The maximum Gasteiger partial charge on any atom is 0.356 e. The van der Waals surface area contributed by atoms with Crippen molar-refractivity contribution >= 4 is 28.1 Å². The molecule has 5 nitrogen and oxygen atoms in total.